The van der Waals surface area contributed by atoms with Gasteiger partial charge < -0.3 is 19.3 Å². The average molecular weight is 498 g/mol. The summed E-state index contributed by atoms with van der Waals surface area (Å²) in [6.45, 7) is 6.53. The molecule has 0 spiro atoms. The number of hydrogen-bond acceptors (Lipinski definition) is 6. The van der Waals surface area contributed by atoms with Gasteiger partial charge in [-0.25, -0.2) is 0 Å². The molecule has 1 fully saturated rings. The van der Waals surface area contributed by atoms with E-state index in [9.17, 15) is 0 Å². The van der Waals surface area contributed by atoms with Gasteiger partial charge >= 0.3 is 0 Å². The molecular formula is C30H35N5O2. The molecule has 0 saturated carbocycles. The maximum Gasteiger partial charge on any atom is 0.119 e. The summed E-state index contributed by atoms with van der Waals surface area (Å²) in [7, 11) is 5.62. The van der Waals surface area contributed by atoms with Crippen LogP contribution in [0.25, 0.3) is 11.3 Å². The number of fused-ring (bicyclic) bond motifs is 3. The Morgan fingerprint density at radius 1 is 0.973 bits per heavy atom. The number of likely N-dealkylation sites (N-methyl/N-ethyl adjacent to an activating group) is 1. The summed E-state index contributed by atoms with van der Waals surface area (Å²) in [6, 6.07) is 8.28. The zero-order valence-corrected chi connectivity index (χ0v) is 22.0. The van der Waals surface area contributed by atoms with Crippen LogP contribution in [0.4, 0.5) is 0 Å². The van der Waals surface area contributed by atoms with E-state index in [1.54, 1.807) is 14.2 Å². The van der Waals surface area contributed by atoms with Crippen molar-refractivity contribution in [1.82, 2.24) is 19.6 Å². The average Bonchev–Trinajstić information content (AvgIpc) is 3.33. The number of nitrogens with zero attached hydrogens (tertiary/aromatic N) is 5. The zero-order chi connectivity index (χ0) is 25.5. The van der Waals surface area contributed by atoms with Gasteiger partial charge in [0.1, 0.15) is 17.2 Å². The first-order valence-electron chi connectivity index (χ1n) is 13.1. The lowest BCUT2D eigenvalue weighted by Crippen LogP contribution is -2.44. The number of aliphatic imine (C=N–C) groups is 1. The van der Waals surface area contributed by atoms with Crippen LogP contribution in [0.1, 0.15) is 30.1 Å². The van der Waals surface area contributed by atoms with Crippen LogP contribution in [0, 0.1) is 5.92 Å². The van der Waals surface area contributed by atoms with Crippen LogP contribution in [-0.2, 0) is 4.74 Å². The third kappa shape index (κ3) is 4.31. The van der Waals surface area contributed by atoms with Crippen molar-refractivity contribution in [2.75, 3.05) is 47.4 Å². The maximum atomic E-state index is 5.63. The second-order valence-corrected chi connectivity index (χ2v) is 10.3. The molecule has 7 nitrogen and oxygen atoms in total. The number of methoxy groups -OCH3 is 2. The highest BCUT2D eigenvalue weighted by molar-refractivity contribution is 5.92. The van der Waals surface area contributed by atoms with E-state index in [1.807, 2.05) is 24.4 Å². The zero-order valence-electron chi connectivity index (χ0n) is 22.0. The predicted octanol–water partition coefficient (Wildman–Crippen LogP) is 4.42. The van der Waals surface area contributed by atoms with Crippen molar-refractivity contribution in [3.05, 3.63) is 83.4 Å². The molecule has 0 bridgehead atoms. The van der Waals surface area contributed by atoms with Crippen LogP contribution in [0.2, 0.25) is 0 Å². The van der Waals surface area contributed by atoms with Crippen molar-refractivity contribution in [2.24, 2.45) is 10.9 Å². The van der Waals surface area contributed by atoms with E-state index in [-0.39, 0.29) is 18.0 Å². The third-order valence-electron chi connectivity index (χ3n) is 8.03. The van der Waals surface area contributed by atoms with Gasteiger partial charge in [-0.05, 0) is 43.5 Å². The van der Waals surface area contributed by atoms with E-state index >= 15 is 0 Å². The Bertz CT molecular complexity index is 1330. The van der Waals surface area contributed by atoms with E-state index < -0.39 is 0 Å². The first kappa shape index (κ1) is 23.8. The van der Waals surface area contributed by atoms with Crippen molar-refractivity contribution in [3.63, 3.8) is 0 Å². The van der Waals surface area contributed by atoms with Crippen LogP contribution in [0.5, 0.6) is 5.75 Å². The molecule has 2 aromatic rings. The fourth-order valence-electron chi connectivity index (χ4n) is 5.77. The number of piperazine rings is 1. The van der Waals surface area contributed by atoms with Gasteiger partial charge in [0.15, 0.2) is 0 Å². The fourth-order valence-corrected chi connectivity index (χ4v) is 5.77. The minimum atomic E-state index is 0.0375. The molecule has 37 heavy (non-hydrogen) atoms. The van der Waals surface area contributed by atoms with Crippen LogP contribution < -0.4 is 4.74 Å². The van der Waals surface area contributed by atoms with Crippen molar-refractivity contribution in [2.45, 2.75) is 24.9 Å². The normalized spacial score (nSPS) is 26.9. The van der Waals surface area contributed by atoms with Crippen LogP contribution in [0.3, 0.4) is 0 Å². The van der Waals surface area contributed by atoms with Gasteiger partial charge in [-0.1, -0.05) is 31.2 Å². The van der Waals surface area contributed by atoms with Crippen molar-refractivity contribution >= 4 is 6.21 Å². The number of rotatable bonds is 5. The van der Waals surface area contributed by atoms with E-state index in [4.69, 9.17) is 19.6 Å². The summed E-state index contributed by atoms with van der Waals surface area (Å²) >= 11 is 0. The second kappa shape index (κ2) is 9.71. The predicted molar refractivity (Wildman–Crippen MR) is 147 cm³/mol. The summed E-state index contributed by atoms with van der Waals surface area (Å²) < 4.78 is 13.4. The minimum Gasteiger partial charge on any atom is -0.497 e. The van der Waals surface area contributed by atoms with Crippen molar-refractivity contribution < 1.29 is 9.47 Å². The summed E-state index contributed by atoms with van der Waals surface area (Å²) in [5, 5.41) is 5.32. The molecular weight excluding hydrogens is 462 g/mol. The molecule has 2 aliphatic carbocycles. The molecule has 1 aromatic heterocycles. The van der Waals surface area contributed by atoms with Crippen LogP contribution in [-0.4, -0.2) is 79.3 Å². The molecule has 0 amide bonds. The molecule has 2 aliphatic heterocycles. The lowest BCUT2D eigenvalue weighted by Gasteiger charge is -2.37. The molecule has 0 radical (unpaired) electrons. The molecule has 4 unspecified atom stereocenters. The molecule has 4 aliphatic rings. The van der Waals surface area contributed by atoms with Crippen molar-refractivity contribution in [1.29, 1.82) is 0 Å². The molecule has 0 N–H and O–H groups in total. The van der Waals surface area contributed by atoms with E-state index in [1.165, 1.54) is 11.4 Å². The summed E-state index contributed by atoms with van der Waals surface area (Å²) in [5.41, 5.74) is 5.53. The molecule has 4 atom stereocenters. The Labute approximate surface area is 219 Å². The molecule has 6 rings (SSSR count). The van der Waals surface area contributed by atoms with Gasteiger partial charge in [0, 0.05) is 61.1 Å². The fraction of sp³-hybridized carbons (Fsp3) is 0.400. The number of benzene rings is 1. The van der Waals surface area contributed by atoms with Gasteiger partial charge in [-0.15, -0.1) is 0 Å². The third-order valence-corrected chi connectivity index (χ3v) is 8.03. The van der Waals surface area contributed by atoms with Crippen molar-refractivity contribution in [3.8, 4) is 17.0 Å². The monoisotopic (exact) mass is 497 g/mol. The maximum absolute atomic E-state index is 5.63. The summed E-state index contributed by atoms with van der Waals surface area (Å²) in [5.74, 6) is 2.05. The Kier molecular flexibility index (Phi) is 6.24. The lowest BCUT2D eigenvalue weighted by molar-refractivity contribution is 0.188. The number of aromatic nitrogens is 2. The van der Waals surface area contributed by atoms with E-state index in [0.717, 1.165) is 54.5 Å². The molecule has 3 heterocycles. The largest absolute Gasteiger partial charge is 0.497 e. The molecule has 192 valence electrons. The van der Waals surface area contributed by atoms with E-state index in [0.29, 0.717) is 5.92 Å². The molecule has 7 heteroatoms. The number of allylic oxidation sites excluding steroid dienone is 4. The summed E-state index contributed by atoms with van der Waals surface area (Å²) in [4.78, 5) is 9.82. The minimum absolute atomic E-state index is 0.0375. The van der Waals surface area contributed by atoms with Gasteiger partial charge in [-0.3, -0.25) is 9.67 Å². The highest BCUT2D eigenvalue weighted by Crippen LogP contribution is 2.42. The Morgan fingerprint density at radius 3 is 2.59 bits per heavy atom. The summed E-state index contributed by atoms with van der Waals surface area (Å²) in [6.07, 6.45) is 15.4. The first-order chi connectivity index (χ1) is 18.1. The lowest BCUT2D eigenvalue weighted by atomic mass is 9.85. The Balaban J connectivity index is 1.48. The van der Waals surface area contributed by atoms with Crippen LogP contribution >= 0.6 is 0 Å². The Morgan fingerprint density at radius 2 is 1.81 bits per heavy atom. The molecule has 1 saturated heterocycles. The van der Waals surface area contributed by atoms with Gasteiger partial charge in [0.2, 0.25) is 0 Å². The standard InChI is InChI=1S/C30H35N5O2/c1-20-8-9-22(34-14-12-33(2)13-15-34)17-28(20)35-30-25-18-24(37-4)10-11-27(25)31-19-26(30)29(32-35)21-6-5-7-23(16-21)36-3/h5-11,16-20,25,27-28H,12-15H2,1-4H3. The van der Waals surface area contributed by atoms with E-state index in [2.05, 4.69) is 71.0 Å². The second-order valence-electron chi connectivity index (χ2n) is 10.3. The number of ether oxygens (including phenoxy) is 2. The SMILES string of the molecule is COC1=CC2c3c(c(-c4cccc(OC)c4)nn3C3C=C(N4CCN(C)CC4)C=CC3C)C=NC2C=C1. The quantitative estimate of drug-likeness (QED) is 0.612. The van der Waals surface area contributed by atoms with Gasteiger partial charge in [0.25, 0.3) is 0 Å². The van der Waals surface area contributed by atoms with Crippen LogP contribution in [0.15, 0.2) is 77.2 Å². The van der Waals surface area contributed by atoms with Gasteiger partial charge in [0.05, 0.1) is 32.0 Å². The number of hydrogen-bond donors (Lipinski definition) is 0. The molecule has 1 aromatic carbocycles. The Hall–Kier alpha value is -3.58. The highest BCUT2D eigenvalue weighted by atomic mass is 16.5. The van der Waals surface area contributed by atoms with Gasteiger partial charge in [-0.2, -0.15) is 5.10 Å². The first-order valence-corrected chi connectivity index (χ1v) is 13.1. The highest BCUT2D eigenvalue weighted by Gasteiger charge is 2.36. The smallest absolute Gasteiger partial charge is 0.119 e. The topological polar surface area (TPSA) is 55.1 Å².